The molecule has 0 spiro atoms. The molecule has 0 aliphatic heterocycles. The summed E-state index contributed by atoms with van der Waals surface area (Å²) in [6.45, 7) is 8.08. The molecular formula is C14H22O2. The third-order valence-electron chi connectivity index (χ3n) is 2.54. The molecule has 0 aliphatic carbocycles. The van der Waals surface area contributed by atoms with Crippen molar-refractivity contribution in [2.75, 3.05) is 0 Å². The summed E-state index contributed by atoms with van der Waals surface area (Å²) in [7, 11) is 0. The minimum atomic E-state index is -0.318. The van der Waals surface area contributed by atoms with Crippen LogP contribution in [0.2, 0.25) is 0 Å². The van der Waals surface area contributed by atoms with Gasteiger partial charge in [-0.3, -0.25) is 0 Å². The van der Waals surface area contributed by atoms with Gasteiger partial charge in [0.15, 0.2) is 0 Å². The lowest BCUT2D eigenvalue weighted by molar-refractivity contribution is 0.114. The standard InChI is InChI=1S/C14H22O2/c1-10(2)13-7-5-6-8-14(13)16-12(4)9-11(3)15/h5-8,10-12,15H,9H2,1-4H3. The average molecular weight is 222 g/mol. The van der Waals surface area contributed by atoms with E-state index in [2.05, 4.69) is 19.9 Å². The van der Waals surface area contributed by atoms with E-state index >= 15 is 0 Å². The number of benzene rings is 1. The Hall–Kier alpha value is -1.02. The number of ether oxygens (including phenoxy) is 1. The molecule has 90 valence electrons. The first-order chi connectivity index (χ1) is 7.50. The Labute approximate surface area is 98.3 Å². The molecule has 16 heavy (non-hydrogen) atoms. The van der Waals surface area contributed by atoms with Crippen LogP contribution in [0.1, 0.15) is 45.6 Å². The van der Waals surface area contributed by atoms with Gasteiger partial charge in [-0.1, -0.05) is 32.0 Å². The molecule has 1 rings (SSSR count). The van der Waals surface area contributed by atoms with Crippen LogP contribution < -0.4 is 4.74 Å². The number of para-hydroxylation sites is 1. The predicted octanol–water partition coefficient (Wildman–Crippen LogP) is 3.35. The summed E-state index contributed by atoms with van der Waals surface area (Å²) in [6, 6.07) is 8.10. The first kappa shape index (κ1) is 13.0. The van der Waals surface area contributed by atoms with E-state index in [1.165, 1.54) is 5.56 Å². The molecule has 1 N–H and O–H groups in total. The van der Waals surface area contributed by atoms with E-state index in [1.807, 2.05) is 25.1 Å². The summed E-state index contributed by atoms with van der Waals surface area (Å²) < 4.78 is 5.86. The molecule has 1 aromatic rings. The molecule has 2 nitrogen and oxygen atoms in total. The van der Waals surface area contributed by atoms with Gasteiger partial charge in [0.1, 0.15) is 5.75 Å². The number of rotatable bonds is 5. The van der Waals surface area contributed by atoms with Gasteiger partial charge in [0.25, 0.3) is 0 Å². The van der Waals surface area contributed by atoms with Crippen LogP contribution in [0.25, 0.3) is 0 Å². The van der Waals surface area contributed by atoms with Crippen molar-refractivity contribution in [1.82, 2.24) is 0 Å². The molecule has 0 fully saturated rings. The van der Waals surface area contributed by atoms with Gasteiger partial charge in [-0.05, 0) is 31.4 Å². The molecule has 0 bridgehead atoms. The van der Waals surface area contributed by atoms with Crippen LogP contribution in [0, 0.1) is 0 Å². The second kappa shape index (κ2) is 5.90. The summed E-state index contributed by atoms with van der Waals surface area (Å²) >= 11 is 0. The highest BCUT2D eigenvalue weighted by molar-refractivity contribution is 5.35. The maximum Gasteiger partial charge on any atom is 0.123 e. The van der Waals surface area contributed by atoms with Crippen LogP contribution in [-0.2, 0) is 0 Å². The van der Waals surface area contributed by atoms with Gasteiger partial charge in [-0.25, -0.2) is 0 Å². The Morgan fingerprint density at radius 3 is 2.31 bits per heavy atom. The Balaban J connectivity index is 2.72. The summed E-state index contributed by atoms with van der Waals surface area (Å²) in [4.78, 5) is 0. The van der Waals surface area contributed by atoms with Crippen molar-refractivity contribution in [2.24, 2.45) is 0 Å². The van der Waals surface area contributed by atoms with Crippen LogP contribution in [0.3, 0.4) is 0 Å². The quantitative estimate of drug-likeness (QED) is 0.828. The van der Waals surface area contributed by atoms with Gasteiger partial charge in [-0.15, -0.1) is 0 Å². The topological polar surface area (TPSA) is 29.5 Å². The minimum Gasteiger partial charge on any atom is -0.490 e. The Morgan fingerprint density at radius 2 is 1.75 bits per heavy atom. The lowest BCUT2D eigenvalue weighted by Crippen LogP contribution is -2.18. The molecule has 2 heteroatoms. The number of hydrogen-bond acceptors (Lipinski definition) is 2. The summed E-state index contributed by atoms with van der Waals surface area (Å²) in [5, 5.41) is 9.30. The molecule has 0 radical (unpaired) electrons. The maximum atomic E-state index is 9.30. The van der Waals surface area contributed by atoms with Crippen molar-refractivity contribution < 1.29 is 9.84 Å². The normalized spacial score (nSPS) is 14.9. The average Bonchev–Trinajstić information content (AvgIpc) is 2.16. The van der Waals surface area contributed by atoms with E-state index < -0.39 is 0 Å². The zero-order chi connectivity index (χ0) is 12.1. The lowest BCUT2D eigenvalue weighted by atomic mass is 10.0. The zero-order valence-corrected chi connectivity index (χ0v) is 10.6. The molecule has 2 atom stereocenters. The fourth-order valence-electron chi connectivity index (χ4n) is 1.81. The van der Waals surface area contributed by atoms with Crippen molar-refractivity contribution in [3.05, 3.63) is 29.8 Å². The van der Waals surface area contributed by atoms with E-state index in [0.29, 0.717) is 12.3 Å². The Kier molecular flexibility index (Phi) is 4.81. The van der Waals surface area contributed by atoms with Gasteiger partial charge in [-0.2, -0.15) is 0 Å². The van der Waals surface area contributed by atoms with Crippen LogP contribution >= 0.6 is 0 Å². The van der Waals surface area contributed by atoms with Crippen molar-refractivity contribution in [1.29, 1.82) is 0 Å². The van der Waals surface area contributed by atoms with Crippen LogP contribution in [0.15, 0.2) is 24.3 Å². The first-order valence-electron chi connectivity index (χ1n) is 5.94. The van der Waals surface area contributed by atoms with Crippen LogP contribution in [0.5, 0.6) is 5.75 Å². The van der Waals surface area contributed by atoms with Crippen LogP contribution in [0.4, 0.5) is 0 Å². The van der Waals surface area contributed by atoms with E-state index in [9.17, 15) is 5.11 Å². The molecule has 0 amide bonds. The van der Waals surface area contributed by atoms with Crippen molar-refractivity contribution in [3.8, 4) is 5.75 Å². The lowest BCUT2D eigenvalue weighted by Gasteiger charge is -2.19. The third-order valence-corrected chi connectivity index (χ3v) is 2.54. The highest BCUT2D eigenvalue weighted by atomic mass is 16.5. The van der Waals surface area contributed by atoms with E-state index in [0.717, 1.165) is 5.75 Å². The summed E-state index contributed by atoms with van der Waals surface area (Å²) in [5.41, 5.74) is 1.22. The largest absolute Gasteiger partial charge is 0.490 e. The van der Waals surface area contributed by atoms with E-state index in [-0.39, 0.29) is 12.2 Å². The number of hydrogen-bond donors (Lipinski definition) is 1. The molecule has 0 saturated heterocycles. The third kappa shape index (κ3) is 3.86. The number of aliphatic hydroxyl groups excluding tert-OH is 1. The fraction of sp³-hybridized carbons (Fsp3) is 0.571. The zero-order valence-electron chi connectivity index (χ0n) is 10.6. The first-order valence-corrected chi connectivity index (χ1v) is 5.94. The van der Waals surface area contributed by atoms with E-state index in [4.69, 9.17) is 4.74 Å². The molecule has 0 saturated carbocycles. The van der Waals surface area contributed by atoms with Crippen LogP contribution in [-0.4, -0.2) is 17.3 Å². The van der Waals surface area contributed by atoms with Gasteiger partial charge in [0.2, 0.25) is 0 Å². The molecule has 1 aromatic carbocycles. The van der Waals surface area contributed by atoms with Gasteiger partial charge < -0.3 is 9.84 Å². The van der Waals surface area contributed by atoms with Crippen molar-refractivity contribution in [3.63, 3.8) is 0 Å². The molecule has 0 aliphatic rings. The maximum absolute atomic E-state index is 9.30. The second-order valence-corrected chi connectivity index (χ2v) is 4.71. The minimum absolute atomic E-state index is 0.0416. The molecular weight excluding hydrogens is 200 g/mol. The predicted molar refractivity (Wildman–Crippen MR) is 66.9 cm³/mol. The van der Waals surface area contributed by atoms with Crippen molar-refractivity contribution in [2.45, 2.75) is 52.2 Å². The smallest absolute Gasteiger partial charge is 0.123 e. The van der Waals surface area contributed by atoms with Gasteiger partial charge in [0.05, 0.1) is 12.2 Å². The highest BCUT2D eigenvalue weighted by Gasteiger charge is 2.11. The van der Waals surface area contributed by atoms with Gasteiger partial charge >= 0.3 is 0 Å². The van der Waals surface area contributed by atoms with Crippen molar-refractivity contribution >= 4 is 0 Å². The Bertz CT molecular complexity index is 318. The summed E-state index contributed by atoms with van der Waals surface area (Å²) in [5.74, 6) is 1.39. The molecule has 0 aromatic heterocycles. The highest BCUT2D eigenvalue weighted by Crippen LogP contribution is 2.27. The second-order valence-electron chi connectivity index (χ2n) is 4.71. The van der Waals surface area contributed by atoms with Gasteiger partial charge in [0, 0.05) is 6.42 Å². The Morgan fingerprint density at radius 1 is 1.12 bits per heavy atom. The number of aliphatic hydroxyl groups is 1. The molecule has 2 unspecified atom stereocenters. The molecule has 0 heterocycles. The SMILES string of the molecule is CC(O)CC(C)Oc1ccccc1C(C)C. The monoisotopic (exact) mass is 222 g/mol. The fourth-order valence-corrected chi connectivity index (χ4v) is 1.81. The summed E-state index contributed by atoms with van der Waals surface area (Å²) in [6.07, 6.45) is 0.382. The van der Waals surface area contributed by atoms with E-state index in [1.54, 1.807) is 6.92 Å².